The number of ether oxygens (including phenoxy) is 2. The first-order valence-corrected chi connectivity index (χ1v) is 10.1. The summed E-state index contributed by atoms with van der Waals surface area (Å²) in [5.41, 5.74) is 2.87. The van der Waals surface area contributed by atoms with Crippen molar-refractivity contribution in [2.24, 2.45) is 5.92 Å². The van der Waals surface area contributed by atoms with Crippen LogP contribution in [0.5, 0.6) is 11.5 Å². The normalized spacial score (nSPS) is 14.3. The van der Waals surface area contributed by atoms with Crippen molar-refractivity contribution >= 4 is 23.4 Å². The fourth-order valence-electron chi connectivity index (χ4n) is 2.87. The molecule has 3 rings (SSSR count). The van der Waals surface area contributed by atoms with Crippen molar-refractivity contribution in [1.82, 2.24) is 9.55 Å². The number of rotatable bonds is 6. The number of nitrogens with one attached hydrogen (secondary N) is 1. The molecule has 1 unspecified atom stereocenters. The van der Waals surface area contributed by atoms with Gasteiger partial charge in [-0.05, 0) is 38.8 Å². The van der Waals surface area contributed by atoms with Gasteiger partial charge in [0.25, 0.3) is 0 Å². The summed E-state index contributed by atoms with van der Waals surface area (Å²) in [7, 11) is 0. The number of anilines is 1. The monoisotopic (exact) mass is 389 g/mol. The highest BCUT2D eigenvalue weighted by Gasteiger charge is 2.21. The summed E-state index contributed by atoms with van der Waals surface area (Å²) in [6.45, 7) is 12.3. The molecule has 1 aromatic carbocycles. The number of carbonyl (C=O) groups excluding carboxylic acids is 1. The van der Waals surface area contributed by atoms with Crippen molar-refractivity contribution in [3.8, 4) is 11.5 Å². The molecule has 146 valence electrons. The molecule has 2 aromatic rings. The molecule has 0 aliphatic carbocycles. The van der Waals surface area contributed by atoms with Gasteiger partial charge in [-0.3, -0.25) is 4.79 Å². The number of fused-ring (bicyclic) bond motifs is 1. The molecular formula is C20H27N3O3S. The Morgan fingerprint density at radius 3 is 2.63 bits per heavy atom. The van der Waals surface area contributed by atoms with E-state index in [0.29, 0.717) is 36.3 Å². The third-order valence-corrected chi connectivity index (χ3v) is 5.52. The fraction of sp³-hybridized carbons (Fsp3) is 0.500. The second-order valence-electron chi connectivity index (χ2n) is 7.18. The predicted molar refractivity (Wildman–Crippen MR) is 108 cm³/mol. The summed E-state index contributed by atoms with van der Waals surface area (Å²) < 4.78 is 13.3. The third kappa shape index (κ3) is 4.58. The maximum absolute atomic E-state index is 12.7. The van der Waals surface area contributed by atoms with Gasteiger partial charge < -0.3 is 19.4 Å². The van der Waals surface area contributed by atoms with E-state index < -0.39 is 0 Å². The van der Waals surface area contributed by atoms with E-state index in [4.69, 9.17) is 9.47 Å². The lowest BCUT2D eigenvalue weighted by Crippen LogP contribution is -2.23. The Labute approximate surface area is 164 Å². The van der Waals surface area contributed by atoms with Gasteiger partial charge in [0.2, 0.25) is 5.91 Å². The van der Waals surface area contributed by atoms with Crippen LogP contribution >= 0.6 is 11.8 Å². The van der Waals surface area contributed by atoms with Crippen LogP contribution in [0.1, 0.15) is 32.2 Å². The number of hydrogen-bond donors (Lipinski definition) is 1. The first kappa shape index (κ1) is 19.6. The molecule has 1 amide bonds. The van der Waals surface area contributed by atoms with E-state index in [1.54, 1.807) is 6.07 Å². The number of thioether (sulfide) groups is 1. The second kappa shape index (κ2) is 8.25. The van der Waals surface area contributed by atoms with Crippen LogP contribution in [0.2, 0.25) is 0 Å². The summed E-state index contributed by atoms with van der Waals surface area (Å²) in [5, 5.41) is 3.58. The van der Waals surface area contributed by atoms with Crippen LogP contribution < -0.4 is 14.8 Å². The molecule has 0 saturated heterocycles. The van der Waals surface area contributed by atoms with E-state index in [-0.39, 0.29) is 11.2 Å². The smallest absolute Gasteiger partial charge is 0.237 e. The Kier molecular flexibility index (Phi) is 5.99. The summed E-state index contributed by atoms with van der Waals surface area (Å²) in [6.07, 6.45) is 0. The minimum atomic E-state index is -0.273. The quantitative estimate of drug-likeness (QED) is 0.755. The Morgan fingerprint density at radius 1 is 1.22 bits per heavy atom. The standard InChI is InChI=1S/C20H27N3O3S/c1-12(2)11-23-14(4)13(3)21-20(23)27-15(5)19(24)22-16-6-7-17-18(10-16)26-9-8-25-17/h6-7,10,12,15H,8-9,11H2,1-5H3,(H,22,24). The number of carbonyl (C=O) groups is 1. The zero-order valence-electron chi connectivity index (χ0n) is 16.5. The topological polar surface area (TPSA) is 65.4 Å². The Hall–Kier alpha value is -2.15. The van der Waals surface area contributed by atoms with Crippen LogP contribution in [-0.4, -0.2) is 33.9 Å². The Bertz CT molecular complexity index is 832. The van der Waals surface area contributed by atoms with Crippen LogP contribution in [0.15, 0.2) is 23.4 Å². The van der Waals surface area contributed by atoms with Gasteiger partial charge in [-0.25, -0.2) is 4.98 Å². The molecule has 1 atom stereocenters. The van der Waals surface area contributed by atoms with E-state index in [2.05, 4.69) is 35.6 Å². The van der Waals surface area contributed by atoms with Crippen molar-refractivity contribution in [3.05, 3.63) is 29.6 Å². The average molecular weight is 390 g/mol. The van der Waals surface area contributed by atoms with Crippen LogP contribution in [0.25, 0.3) is 0 Å². The minimum absolute atomic E-state index is 0.0638. The maximum Gasteiger partial charge on any atom is 0.237 e. The number of hydrogen-bond acceptors (Lipinski definition) is 5. The molecule has 1 aliphatic heterocycles. The summed E-state index contributed by atoms with van der Waals surface area (Å²) in [4.78, 5) is 17.3. The van der Waals surface area contributed by atoms with Crippen molar-refractivity contribution in [1.29, 1.82) is 0 Å². The van der Waals surface area contributed by atoms with Gasteiger partial charge in [-0.1, -0.05) is 25.6 Å². The lowest BCUT2D eigenvalue weighted by atomic mass is 10.2. The first-order valence-electron chi connectivity index (χ1n) is 9.26. The van der Waals surface area contributed by atoms with Crippen molar-refractivity contribution in [3.63, 3.8) is 0 Å². The van der Waals surface area contributed by atoms with E-state index in [1.807, 2.05) is 26.0 Å². The molecular weight excluding hydrogens is 362 g/mol. The molecule has 1 N–H and O–H groups in total. The number of aryl methyl sites for hydroxylation is 1. The van der Waals surface area contributed by atoms with E-state index >= 15 is 0 Å². The second-order valence-corrected chi connectivity index (χ2v) is 8.49. The largest absolute Gasteiger partial charge is 0.486 e. The van der Waals surface area contributed by atoms with Gasteiger partial charge >= 0.3 is 0 Å². The van der Waals surface area contributed by atoms with Crippen molar-refractivity contribution in [2.45, 2.75) is 51.6 Å². The molecule has 0 bridgehead atoms. The van der Waals surface area contributed by atoms with Gasteiger partial charge in [-0.15, -0.1) is 0 Å². The lowest BCUT2D eigenvalue weighted by Gasteiger charge is -2.19. The predicted octanol–water partition coefficient (Wildman–Crippen LogP) is 4.05. The highest BCUT2D eigenvalue weighted by Crippen LogP contribution is 2.33. The van der Waals surface area contributed by atoms with Crippen molar-refractivity contribution in [2.75, 3.05) is 18.5 Å². The number of amides is 1. The van der Waals surface area contributed by atoms with Gasteiger partial charge in [0.1, 0.15) is 13.2 Å². The highest BCUT2D eigenvalue weighted by molar-refractivity contribution is 8.00. The van der Waals surface area contributed by atoms with Crippen LogP contribution in [0, 0.1) is 19.8 Å². The van der Waals surface area contributed by atoms with Gasteiger partial charge in [0.05, 0.1) is 10.9 Å². The number of benzene rings is 1. The number of aromatic nitrogens is 2. The Morgan fingerprint density at radius 2 is 1.93 bits per heavy atom. The Balaban J connectivity index is 1.69. The van der Waals surface area contributed by atoms with Gasteiger partial charge in [0, 0.05) is 24.0 Å². The zero-order valence-corrected chi connectivity index (χ0v) is 17.4. The van der Waals surface area contributed by atoms with Crippen molar-refractivity contribution < 1.29 is 14.3 Å². The third-order valence-electron chi connectivity index (χ3n) is 4.43. The average Bonchev–Trinajstić information content (AvgIpc) is 2.88. The molecule has 0 spiro atoms. The molecule has 1 aliphatic rings. The van der Waals surface area contributed by atoms with Crippen LogP contribution in [-0.2, 0) is 11.3 Å². The molecule has 2 heterocycles. The molecule has 6 nitrogen and oxygen atoms in total. The minimum Gasteiger partial charge on any atom is -0.486 e. The zero-order chi connectivity index (χ0) is 19.6. The fourth-order valence-corrected chi connectivity index (χ4v) is 3.88. The highest BCUT2D eigenvalue weighted by atomic mass is 32.2. The van der Waals surface area contributed by atoms with E-state index in [1.165, 1.54) is 11.8 Å². The van der Waals surface area contributed by atoms with Crippen LogP contribution in [0.4, 0.5) is 5.69 Å². The number of imidazole rings is 1. The SMILES string of the molecule is Cc1nc(SC(C)C(=O)Nc2ccc3c(c2)OCCO3)n(CC(C)C)c1C. The summed E-state index contributed by atoms with van der Waals surface area (Å²) in [6, 6.07) is 5.46. The maximum atomic E-state index is 12.7. The summed E-state index contributed by atoms with van der Waals surface area (Å²) >= 11 is 1.49. The molecule has 27 heavy (non-hydrogen) atoms. The van der Waals surface area contributed by atoms with E-state index in [0.717, 1.165) is 23.1 Å². The molecule has 7 heteroatoms. The molecule has 1 aromatic heterocycles. The molecule has 0 saturated carbocycles. The van der Waals surface area contributed by atoms with E-state index in [9.17, 15) is 4.79 Å². The van der Waals surface area contributed by atoms with Gasteiger partial charge in [-0.2, -0.15) is 0 Å². The van der Waals surface area contributed by atoms with Gasteiger partial charge in [0.15, 0.2) is 16.7 Å². The number of nitrogens with zero attached hydrogens (tertiary/aromatic N) is 2. The first-order chi connectivity index (χ1) is 12.8. The van der Waals surface area contributed by atoms with Crippen LogP contribution in [0.3, 0.4) is 0 Å². The summed E-state index contributed by atoms with van der Waals surface area (Å²) in [5.74, 6) is 1.82. The lowest BCUT2D eigenvalue weighted by molar-refractivity contribution is -0.115. The molecule has 0 radical (unpaired) electrons. The molecule has 0 fully saturated rings.